The van der Waals surface area contributed by atoms with Crippen LogP contribution in [0.1, 0.15) is 10.4 Å². The van der Waals surface area contributed by atoms with E-state index in [0.717, 1.165) is 21.3 Å². The zero-order chi connectivity index (χ0) is 16.1. The van der Waals surface area contributed by atoms with Crippen LogP contribution in [0.15, 0.2) is 55.0 Å². The fraction of sp³-hybridized carbons (Fsp3) is 0.176. The van der Waals surface area contributed by atoms with E-state index in [4.69, 9.17) is 4.74 Å². The molecule has 0 bridgehead atoms. The number of carbonyl (C=O) groups excluding carboxylic acids is 1. The lowest BCUT2D eigenvalue weighted by Crippen LogP contribution is -2.24. The van der Waals surface area contributed by atoms with Gasteiger partial charge in [0.25, 0.3) is 0 Å². The molecule has 118 valence electrons. The summed E-state index contributed by atoms with van der Waals surface area (Å²) in [7, 11) is 1.63. The molecule has 0 unspecified atom stereocenters. The molecule has 2 aromatic heterocycles. The van der Waals surface area contributed by atoms with Crippen molar-refractivity contribution in [3.05, 3.63) is 65.4 Å². The van der Waals surface area contributed by atoms with E-state index in [1.807, 2.05) is 53.4 Å². The SMILES string of the molecule is COc1ccccc1CNC(=O)Cc1cnc(-n2cccc2)s1. The summed E-state index contributed by atoms with van der Waals surface area (Å²) in [5, 5.41) is 3.78. The third-order valence-corrected chi connectivity index (χ3v) is 4.38. The highest BCUT2D eigenvalue weighted by atomic mass is 32.1. The van der Waals surface area contributed by atoms with E-state index in [2.05, 4.69) is 10.3 Å². The number of para-hydroxylation sites is 1. The molecule has 5 nitrogen and oxygen atoms in total. The molecule has 1 aromatic carbocycles. The van der Waals surface area contributed by atoms with Crippen LogP contribution in [0.5, 0.6) is 5.75 Å². The molecule has 1 N–H and O–H groups in total. The second-order valence-electron chi connectivity index (χ2n) is 4.96. The maximum atomic E-state index is 12.1. The van der Waals surface area contributed by atoms with Crippen LogP contribution in [0.4, 0.5) is 0 Å². The van der Waals surface area contributed by atoms with Gasteiger partial charge in [0.05, 0.1) is 13.5 Å². The molecule has 0 fully saturated rings. The van der Waals surface area contributed by atoms with Gasteiger partial charge in [0.2, 0.25) is 5.91 Å². The van der Waals surface area contributed by atoms with Gasteiger partial charge < -0.3 is 14.6 Å². The maximum Gasteiger partial charge on any atom is 0.225 e. The van der Waals surface area contributed by atoms with Crippen molar-refractivity contribution in [1.82, 2.24) is 14.9 Å². The summed E-state index contributed by atoms with van der Waals surface area (Å²) in [4.78, 5) is 17.4. The number of ether oxygens (including phenoxy) is 1. The zero-order valence-corrected chi connectivity index (χ0v) is 13.5. The lowest BCUT2D eigenvalue weighted by atomic mass is 10.2. The summed E-state index contributed by atoms with van der Waals surface area (Å²) >= 11 is 1.51. The molecule has 1 amide bonds. The molecule has 0 aliphatic carbocycles. The molecule has 0 atom stereocenters. The van der Waals surface area contributed by atoms with Crippen molar-refractivity contribution < 1.29 is 9.53 Å². The van der Waals surface area contributed by atoms with Gasteiger partial charge in [-0.15, -0.1) is 11.3 Å². The van der Waals surface area contributed by atoms with Crippen LogP contribution in [0, 0.1) is 0 Å². The summed E-state index contributed by atoms with van der Waals surface area (Å²) in [6, 6.07) is 11.5. The summed E-state index contributed by atoms with van der Waals surface area (Å²) in [5.74, 6) is 0.749. The topological polar surface area (TPSA) is 56.1 Å². The minimum Gasteiger partial charge on any atom is -0.496 e. The first-order valence-electron chi connectivity index (χ1n) is 7.23. The van der Waals surface area contributed by atoms with Crippen molar-refractivity contribution in [1.29, 1.82) is 0 Å². The number of carbonyl (C=O) groups is 1. The van der Waals surface area contributed by atoms with Crippen molar-refractivity contribution >= 4 is 17.2 Å². The Kier molecular flexibility index (Phi) is 4.73. The quantitative estimate of drug-likeness (QED) is 0.757. The first-order chi connectivity index (χ1) is 11.3. The molecule has 0 spiro atoms. The first-order valence-corrected chi connectivity index (χ1v) is 8.04. The van der Waals surface area contributed by atoms with E-state index < -0.39 is 0 Å². The number of hydrogen-bond acceptors (Lipinski definition) is 4. The van der Waals surface area contributed by atoms with Gasteiger partial charge in [0.1, 0.15) is 5.75 Å². The number of nitrogens with one attached hydrogen (secondary N) is 1. The Morgan fingerprint density at radius 2 is 2.04 bits per heavy atom. The Labute approximate surface area is 138 Å². The van der Waals surface area contributed by atoms with Crippen LogP contribution in [0.25, 0.3) is 5.13 Å². The van der Waals surface area contributed by atoms with E-state index in [1.54, 1.807) is 13.3 Å². The predicted octanol–water partition coefficient (Wildman–Crippen LogP) is 2.80. The monoisotopic (exact) mass is 327 g/mol. The van der Waals surface area contributed by atoms with Gasteiger partial charge >= 0.3 is 0 Å². The summed E-state index contributed by atoms with van der Waals surface area (Å²) in [6.45, 7) is 0.451. The molecule has 0 aliphatic rings. The van der Waals surface area contributed by atoms with Crippen molar-refractivity contribution in [2.24, 2.45) is 0 Å². The van der Waals surface area contributed by atoms with Crippen molar-refractivity contribution in [2.45, 2.75) is 13.0 Å². The third-order valence-electron chi connectivity index (χ3n) is 3.37. The van der Waals surface area contributed by atoms with Crippen molar-refractivity contribution in [3.8, 4) is 10.9 Å². The van der Waals surface area contributed by atoms with Gasteiger partial charge in [-0.25, -0.2) is 4.98 Å². The van der Waals surface area contributed by atoms with E-state index >= 15 is 0 Å². The molecular formula is C17H17N3O2S. The molecular weight excluding hydrogens is 310 g/mol. The largest absolute Gasteiger partial charge is 0.496 e. The lowest BCUT2D eigenvalue weighted by Gasteiger charge is -2.09. The second kappa shape index (κ2) is 7.11. The molecule has 3 aromatic rings. The summed E-state index contributed by atoms with van der Waals surface area (Å²) < 4.78 is 7.21. The van der Waals surface area contributed by atoms with E-state index in [0.29, 0.717) is 13.0 Å². The van der Waals surface area contributed by atoms with Crippen LogP contribution < -0.4 is 10.1 Å². The highest BCUT2D eigenvalue weighted by molar-refractivity contribution is 7.14. The van der Waals surface area contributed by atoms with Gasteiger partial charge in [0, 0.05) is 35.6 Å². The number of rotatable bonds is 6. The van der Waals surface area contributed by atoms with Crippen LogP contribution in [0.3, 0.4) is 0 Å². The predicted molar refractivity (Wildman–Crippen MR) is 90.0 cm³/mol. The highest BCUT2D eigenvalue weighted by Crippen LogP contribution is 2.19. The van der Waals surface area contributed by atoms with E-state index in [1.165, 1.54) is 11.3 Å². The zero-order valence-electron chi connectivity index (χ0n) is 12.7. The Morgan fingerprint density at radius 1 is 1.26 bits per heavy atom. The van der Waals surface area contributed by atoms with E-state index in [9.17, 15) is 4.79 Å². The van der Waals surface area contributed by atoms with Crippen LogP contribution in [-0.2, 0) is 17.8 Å². The maximum absolute atomic E-state index is 12.1. The number of benzene rings is 1. The minimum absolute atomic E-state index is 0.0291. The number of thiazole rings is 1. The van der Waals surface area contributed by atoms with Gasteiger partial charge in [-0.2, -0.15) is 0 Å². The van der Waals surface area contributed by atoms with Crippen LogP contribution >= 0.6 is 11.3 Å². The molecule has 2 heterocycles. The average Bonchev–Trinajstić information content (AvgIpc) is 3.24. The molecule has 0 radical (unpaired) electrons. The van der Waals surface area contributed by atoms with Gasteiger partial charge in [-0.3, -0.25) is 4.79 Å². The smallest absolute Gasteiger partial charge is 0.225 e. The fourth-order valence-corrected chi connectivity index (χ4v) is 3.10. The molecule has 0 aliphatic heterocycles. The Balaban J connectivity index is 1.57. The van der Waals surface area contributed by atoms with Crippen molar-refractivity contribution in [2.75, 3.05) is 7.11 Å². The third kappa shape index (κ3) is 3.78. The Hall–Kier alpha value is -2.60. The van der Waals surface area contributed by atoms with Crippen LogP contribution in [-0.4, -0.2) is 22.6 Å². The summed E-state index contributed by atoms with van der Waals surface area (Å²) in [6.07, 6.45) is 5.95. The second-order valence-corrected chi connectivity index (χ2v) is 6.06. The van der Waals surface area contributed by atoms with Gasteiger partial charge in [0.15, 0.2) is 5.13 Å². The molecule has 23 heavy (non-hydrogen) atoms. The minimum atomic E-state index is -0.0291. The van der Waals surface area contributed by atoms with Crippen molar-refractivity contribution in [3.63, 3.8) is 0 Å². The highest BCUT2D eigenvalue weighted by Gasteiger charge is 2.09. The molecule has 3 rings (SSSR count). The number of nitrogens with zero attached hydrogens (tertiary/aromatic N) is 2. The fourth-order valence-electron chi connectivity index (χ4n) is 2.22. The van der Waals surface area contributed by atoms with Gasteiger partial charge in [-0.05, 0) is 18.2 Å². The Bertz CT molecular complexity index is 781. The van der Waals surface area contributed by atoms with Crippen LogP contribution in [0.2, 0.25) is 0 Å². The summed E-state index contributed by atoms with van der Waals surface area (Å²) in [5.41, 5.74) is 0.959. The Morgan fingerprint density at radius 3 is 2.83 bits per heavy atom. The molecule has 6 heteroatoms. The van der Waals surface area contributed by atoms with Gasteiger partial charge in [-0.1, -0.05) is 18.2 Å². The number of amides is 1. The molecule has 0 saturated carbocycles. The first kappa shape index (κ1) is 15.3. The standard InChI is InChI=1S/C17H17N3O2S/c1-22-15-7-3-2-6-13(15)11-18-16(21)10-14-12-19-17(23-14)20-8-4-5-9-20/h2-9,12H,10-11H2,1H3,(H,18,21). The number of hydrogen-bond donors (Lipinski definition) is 1. The number of aromatic nitrogens is 2. The van der Waals surface area contributed by atoms with E-state index in [-0.39, 0.29) is 5.91 Å². The lowest BCUT2D eigenvalue weighted by molar-refractivity contribution is -0.120. The average molecular weight is 327 g/mol. The normalized spacial score (nSPS) is 10.5. The number of methoxy groups -OCH3 is 1. The molecule has 0 saturated heterocycles.